The summed E-state index contributed by atoms with van der Waals surface area (Å²) in [5, 5.41) is 0. The van der Waals surface area contributed by atoms with E-state index in [9.17, 15) is 4.79 Å². The third-order valence-corrected chi connectivity index (χ3v) is 3.31. The van der Waals surface area contributed by atoms with Gasteiger partial charge in [-0.25, -0.2) is 4.79 Å². The second-order valence-corrected chi connectivity index (χ2v) is 6.76. The third-order valence-electron chi connectivity index (χ3n) is 3.31. The standard InChI is InChI=1S/C15H29NO3/c1-7-8-9-10-12-11-18-15(5,6)16(12)13(17)19-14(2,3)4/h12H,7-11H2,1-6H3. The van der Waals surface area contributed by atoms with Crippen LogP contribution >= 0.6 is 0 Å². The van der Waals surface area contributed by atoms with Crippen molar-refractivity contribution in [2.24, 2.45) is 0 Å². The van der Waals surface area contributed by atoms with Crippen LogP contribution in [0.5, 0.6) is 0 Å². The highest BCUT2D eigenvalue weighted by Crippen LogP contribution is 2.31. The second kappa shape index (κ2) is 6.12. The molecule has 1 aliphatic heterocycles. The van der Waals surface area contributed by atoms with Gasteiger partial charge in [0.1, 0.15) is 11.3 Å². The van der Waals surface area contributed by atoms with Crippen molar-refractivity contribution in [3.63, 3.8) is 0 Å². The molecule has 0 spiro atoms. The molecule has 1 rings (SSSR count). The van der Waals surface area contributed by atoms with Gasteiger partial charge in [0, 0.05) is 0 Å². The highest BCUT2D eigenvalue weighted by atomic mass is 16.6. The molecule has 19 heavy (non-hydrogen) atoms. The van der Waals surface area contributed by atoms with Gasteiger partial charge in [0.2, 0.25) is 0 Å². The first-order chi connectivity index (χ1) is 8.67. The lowest BCUT2D eigenvalue weighted by Crippen LogP contribution is -2.49. The molecule has 1 aliphatic rings. The molecule has 4 heteroatoms. The predicted octanol–water partition coefficient (Wildman–Crippen LogP) is 3.94. The van der Waals surface area contributed by atoms with Crippen LogP contribution in [0.4, 0.5) is 4.79 Å². The summed E-state index contributed by atoms with van der Waals surface area (Å²) in [5.41, 5.74) is -1.04. The van der Waals surface area contributed by atoms with Gasteiger partial charge in [-0.1, -0.05) is 26.2 Å². The quantitative estimate of drug-likeness (QED) is 0.727. The molecule has 0 aliphatic carbocycles. The van der Waals surface area contributed by atoms with Crippen molar-refractivity contribution in [3.8, 4) is 0 Å². The van der Waals surface area contributed by atoms with Crippen molar-refractivity contribution in [2.75, 3.05) is 6.61 Å². The Morgan fingerprint density at radius 2 is 2.00 bits per heavy atom. The molecular formula is C15H29NO3. The monoisotopic (exact) mass is 271 g/mol. The molecule has 0 aromatic heterocycles. The van der Waals surface area contributed by atoms with Crippen LogP contribution in [0.15, 0.2) is 0 Å². The minimum Gasteiger partial charge on any atom is -0.444 e. The third kappa shape index (κ3) is 4.68. The van der Waals surface area contributed by atoms with Crippen LogP contribution in [-0.2, 0) is 9.47 Å². The molecule has 1 saturated heterocycles. The van der Waals surface area contributed by atoms with E-state index in [2.05, 4.69) is 6.92 Å². The maximum atomic E-state index is 12.3. The Morgan fingerprint density at radius 1 is 1.37 bits per heavy atom. The average Bonchev–Trinajstić information content (AvgIpc) is 2.52. The van der Waals surface area contributed by atoms with Crippen LogP contribution in [-0.4, -0.2) is 35.0 Å². The topological polar surface area (TPSA) is 38.8 Å². The number of hydrogen-bond acceptors (Lipinski definition) is 3. The van der Waals surface area contributed by atoms with E-state index in [4.69, 9.17) is 9.47 Å². The Labute approximate surface area is 117 Å². The maximum absolute atomic E-state index is 12.3. The van der Waals surface area contributed by atoms with Crippen molar-refractivity contribution in [3.05, 3.63) is 0 Å². The Balaban J connectivity index is 2.69. The number of unbranched alkanes of at least 4 members (excludes halogenated alkanes) is 2. The summed E-state index contributed by atoms with van der Waals surface area (Å²) < 4.78 is 11.3. The van der Waals surface area contributed by atoms with Gasteiger partial charge in [-0.05, 0) is 41.0 Å². The summed E-state index contributed by atoms with van der Waals surface area (Å²) in [5.74, 6) is 0. The van der Waals surface area contributed by atoms with Gasteiger partial charge in [-0.15, -0.1) is 0 Å². The van der Waals surface area contributed by atoms with Gasteiger partial charge in [0.15, 0.2) is 0 Å². The van der Waals surface area contributed by atoms with Crippen LogP contribution in [0.3, 0.4) is 0 Å². The Kier molecular flexibility index (Phi) is 5.25. The number of carbonyl (C=O) groups excluding carboxylic acids is 1. The summed E-state index contributed by atoms with van der Waals surface area (Å²) in [4.78, 5) is 14.1. The van der Waals surface area contributed by atoms with Crippen molar-refractivity contribution in [1.29, 1.82) is 0 Å². The van der Waals surface area contributed by atoms with E-state index < -0.39 is 11.3 Å². The normalized spacial score (nSPS) is 22.6. The van der Waals surface area contributed by atoms with Crippen molar-refractivity contribution in [2.45, 2.75) is 84.6 Å². The zero-order valence-corrected chi connectivity index (χ0v) is 13.3. The maximum Gasteiger partial charge on any atom is 0.412 e. The van der Waals surface area contributed by atoms with Gasteiger partial charge in [0.25, 0.3) is 0 Å². The van der Waals surface area contributed by atoms with Gasteiger partial charge in [-0.2, -0.15) is 0 Å². The SMILES string of the molecule is CCCCCC1COC(C)(C)N1C(=O)OC(C)(C)C. The highest BCUT2D eigenvalue weighted by Gasteiger charge is 2.45. The molecule has 1 fully saturated rings. The van der Waals surface area contributed by atoms with Gasteiger partial charge in [-0.3, -0.25) is 4.90 Å². The average molecular weight is 271 g/mol. The summed E-state index contributed by atoms with van der Waals surface area (Å²) in [7, 11) is 0. The lowest BCUT2D eigenvalue weighted by molar-refractivity contribution is -0.0627. The molecule has 0 N–H and O–H groups in total. The molecule has 4 nitrogen and oxygen atoms in total. The van der Waals surface area contributed by atoms with E-state index in [1.165, 1.54) is 12.8 Å². The number of amides is 1. The minimum atomic E-state index is -0.570. The lowest BCUT2D eigenvalue weighted by Gasteiger charge is -2.35. The second-order valence-electron chi connectivity index (χ2n) is 6.76. The first-order valence-corrected chi connectivity index (χ1v) is 7.33. The number of rotatable bonds is 4. The fourth-order valence-corrected chi connectivity index (χ4v) is 2.41. The fraction of sp³-hybridized carbons (Fsp3) is 0.933. The first kappa shape index (κ1) is 16.3. The van der Waals surface area contributed by atoms with Crippen molar-refractivity contribution in [1.82, 2.24) is 4.90 Å². The van der Waals surface area contributed by atoms with Gasteiger partial charge in [0.05, 0.1) is 12.6 Å². The summed E-state index contributed by atoms with van der Waals surface area (Å²) in [6.45, 7) is 12.3. The van der Waals surface area contributed by atoms with Crippen LogP contribution in [0.25, 0.3) is 0 Å². The molecule has 0 bridgehead atoms. The largest absolute Gasteiger partial charge is 0.444 e. The van der Waals surface area contributed by atoms with E-state index >= 15 is 0 Å². The predicted molar refractivity (Wildman–Crippen MR) is 76.0 cm³/mol. The zero-order valence-electron chi connectivity index (χ0n) is 13.3. The van der Waals surface area contributed by atoms with Gasteiger partial charge >= 0.3 is 6.09 Å². The number of hydrogen-bond donors (Lipinski definition) is 0. The van der Waals surface area contributed by atoms with Crippen molar-refractivity contribution >= 4 is 6.09 Å². The number of ether oxygens (including phenoxy) is 2. The number of carbonyl (C=O) groups is 1. The highest BCUT2D eigenvalue weighted by molar-refractivity contribution is 5.69. The molecule has 1 atom stereocenters. The minimum absolute atomic E-state index is 0.136. The molecule has 1 heterocycles. The first-order valence-electron chi connectivity index (χ1n) is 7.33. The van der Waals surface area contributed by atoms with Gasteiger partial charge < -0.3 is 9.47 Å². The molecule has 1 unspecified atom stereocenters. The van der Waals surface area contributed by atoms with E-state index in [0.717, 1.165) is 12.8 Å². The summed E-state index contributed by atoms with van der Waals surface area (Å²) >= 11 is 0. The van der Waals surface area contributed by atoms with E-state index in [0.29, 0.717) is 6.61 Å². The lowest BCUT2D eigenvalue weighted by atomic mass is 10.1. The Hall–Kier alpha value is -0.770. The van der Waals surface area contributed by atoms with Crippen LogP contribution in [0.1, 0.15) is 67.2 Å². The van der Waals surface area contributed by atoms with Crippen LogP contribution in [0, 0.1) is 0 Å². The molecular weight excluding hydrogens is 242 g/mol. The van der Waals surface area contributed by atoms with Crippen LogP contribution in [0.2, 0.25) is 0 Å². The Morgan fingerprint density at radius 3 is 2.53 bits per heavy atom. The summed E-state index contributed by atoms with van der Waals surface area (Å²) in [6, 6.07) is 0.136. The Bertz CT molecular complexity index is 307. The fourth-order valence-electron chi connectivity index (χ4n) is 2.41. The van der Waals surface area contributed by atoms with Crippen molar-refractivity contribution < 1.29 is 14.3 Å². The van der Waals surface area contributed by atoms with E-state index in [-0.39, 0.29) is 12.1 Å². The molecule has 112 valence electrons. The molecule has 0 aromatic carbocycles. The van der Waals surface area contributed by atoms with E-state index in [1.54, 1.807) is 4.90 Å². The molecule has 0 aromatic rings. The molecule has 0 radical (unpaired) electrons. The smallest absolute Gasteiger partial charge is 0.412 e. The van der Waals surface area contributed by atoms with E-state index in [1.807, 2.05) is 34.6 Å². The zero-order chi connectivity index (χ0) is 14.7. The van der Waals surface area contributed by atoms with Crippen LogP contribution < -0.4 is 0 Å². The number of nitrogens with zero attached hydrogens (tertiary/aromatic N) is 1. The summed E-state index contributed by atoms with van der Waals surface area (Å²) in [6.07, 6.45) is 4.22. The molecule has 0 saturated carbocycles. The molecule has 1 amide bonds.